The van der Waals surface area contributed by atoms with Gasteiger partial charge in [0.25, 0.3) is 5.56 Å². The van der Waals surface area contributed by atoms with Crippen molar-refractivity contribution in [1.29, 1.82) is 0 Å². The van der Waals surface area contributed by atoms with Crippen molar-refractivity contribution < 1.29 is 9.84 Å². The molecule has 2 aromatic rings. The number of H-pyrrole nitrogens is 1. The van der Waals surface area contributed by atoms with Crippen LogP contribution in [0.1, 0.15) is 62.7 Å². The van der Waals surface area contributed by atoms with Gasteiger partial charge >= 0.3 is 0 Å². The van der Waals surface area contributed by atoms with Gasteiger partial charge in [-0.15, -0.1) is 11.3 Å². The molecule has 2 aliphatic rings. The lowest BCUT2D eigenvalue weighted by atomic mass is 9.97. The lowest BCUT2D eigenvalue weighted by molar-refractivity contribution is -0.0574. The maximum atomic E-state index is 12.8. The molecule has 0 unspecified atom stereocenters. The largest absolute Gasteiger partial charge is 0.389 e. The van der Waals surface area contributed by atoms with E-state index in [4.69, 9.17) is 9.72 Å². The number of fused-ring (bicyclic) bond motifs is 3. The molecule has 1 fully saturated rings. The molecular formula is C21H31N3O3S. The molecule has 4 rings (SSSR count). The van der Waals surface area contributed by atoms with E-state index in [0.717, 1.165) is 42.3 Å². The number of aliphatic hydroxyl groups is 1. The molecule has 0 spiro atoms. The minimum atomic E-state index is -0.552. The van der Waals surface area contributed by atoms with Gasteiger partial charge in [-0.25, -0.2) is 4.98 Å². The monoisotopic (exact) mass is 405 g/mol. The van der Waals surface area contributed by atoms with E-state index in [1.165, 1.54) is 16.9 Å². The van der Waals surface area contributed by atoms with Crippen LogP contribution >= 0.6 is 11.3 Å². The maximum Gasteiger partial charge on any atom is 0.259 e. The number of aliphatic hydroxyl groups excluding tert-OH is 1. The number of aromatic nitrogens is 2. The number of aromatic amines is 1. The fourth-order valence-corrected chi connectivity index (χ4v) is 5.21. The van der Waals surface area contributed by atoms with E-state index in [9.17, 15) is 9.90 Å². The maximum absolute atomic E-state index is 12.8. The van der Waals surface area contributed by atoms with Crippen LogP contribution in [0.15, 0.2) is 4.79 Å². The smallest absolute Gasteiger partial charge is 0.259 e. The first-order valence-corrected chi connectivity index (χ1v) is 11.2. The van der Waals surface area contributed by atoms with E-state index < -0.39 is 6.10 Å². The van der Waals surface area contributed by atoms with Crippen molar-refractivity contribution in [2.75, 3.05) is 13.2 Å². The summed E-state index contributed by atoms with van der Waals surface area (Å²) in [6.07, 6.45) is 6.13. The molecule has 0 radical (unpaired) electrons. The third-order valence-electron chi connectivity index (χ3n) is 5.44. The van der Waals surface area contributed by atoms with Crippen molar-refractivity contribution in [3.05, 3.63) is 26.6 Å². The Morgan fingerprint density at radius 1 is 1.32 bits per heavy atom. The molecule has 154 valence electrons. The number of nitrogens with zero attached hydrogens (tertiary/aromatic N) is 2. The quantitative estimate of drug-likeness (QED) is 0.740. The molecule has 2 aliphatic carbocycles. The molecule has 0 amide bonds. The Morgan fingerprint density at radius 3 is 2.79 bits per heavy atom. The molecule has 6 nitrogen and oxygen atoms in total. The summed E-state index contributed by atoms with van der Waals surface area (Å²) < 4.78 is 5.72. The predicted octanol–water partition coefficient (Wildman–Crippen LogP) is 3.00. The lowest BCUT2D eigenvalue weighted by Crippen LogP contribution is -2.38. The zero-order chi connectivity index (χ0) is 19.9. The van der Waals surface area contributed by atoms with Crippen molar-refractivity contribution in [1.82, 2.24) is 14.9 Å². The Bertz CT molecular complexity index is 895. The average molecular weight is 406 g/mol. The molecule has 7 heteroatoms. The van der Waals surface area contributed by atoms with Crippen molar-refractivity contribution >= 4 is 21.6 Å². The molecule has 0 aromatic carbocycles. The van der Waals surface area contributed by atoms with E-state index >= 15 is 0 Å². The molecule has 2 aromatic heterocycles. The Labute approximate surface area is 169 Å². The molecule has 2 heterocycles. The Morgan fingerprint density at radius 2 is 2.07 bits per heavy atom. The lowest BCUT2D eigenvalue weighted by Gasteiger charge is -2.27. The number of thiophene rings is 1. The van der Waals surface area contributed by atoms with Crippen molar-refractivity contribution in [2.24, 2.45) is 0 Å². The summed E-state index contributed by atoms with van der Waals surface area (Å²) >= 11 is 1.68. The standard InChI is InChI=1S/C21H31N3O3S/c1-21(2,3)27-12-14(25)10-24(13-8-9-13)11-17-22-19(26)18-15-6-4-5-7-16(15)28-20(18)23-17/h13-14,25H,4-12H2,1-3H3,(H,22,23,26)/t14-/m1/s1. The highest BCUT2D eigenvalue weighted by atomic mass is 32.1. The second kappa shape index (κ2) is 7.86. The van der Waals surface area contributed by atoms with E-state index in [2.05, 4.69) is 9.88 Å². The van der Waals surface area contributed by atoms with E-state index in [0.29, 0.717) is 31.6 Å². The molecule has 1 saturated carbocycles. The van der Waals surface area contributed by atoms with E-state index in [1.54, 1.807) is 11.3 Å². The highest BCUT2D eigenvalue weighted by Crippen LogP contribution is 2.34. The first-order chi connectivity index (χ1) is 13.3. The molecule has 1 atom stereocenters. The van der Waals surface area contributed by atoms with Gasteiger partial charge in [0.2, 0.25) is 0 Å². The Hall–Kier alpha value is -1.28. The van der Waals surface area contributed by atoms with Crippen LogP contribution in [0.4, 0.5) is 0 Å². The molecule has 28 heavy (non-hydrogen) atoms. The summed E-state index contributed by atoms with van der Waals surface area (Å²) in [5.74, 6) is 0.701. The summed E-state index contributed by atoms with van der Waals surface area (Å²) in [5, 5.41) is 11.2. The minimum Gasteiger partial charge on any atom is -0.389 e. The summed E-state index contributed by atoms with van der Waals surface area (Å²) in [6, 6.07) is 0.460. The fraction of sp³-hybridized carbons (Fsp3) is 0.714. The number of ether oxygens (including phenoxy) is 1. The van der Waals surface area contributed by atoms with Crippen LogP contribution in [0, 0.1) is 0 Å². The van der Waals surface area contributed by atoms with Gasteiger partial charge in [0.15, 0.2) is 0 Å². The van der Waals surface area contributed by atoms with Gasteiger partial charge in [0.1, 0.15) is 10.7 Å². The normalized spacial score (nSPS) is 18.6. The highest BCUT2D eigenvalue weighted by molar-refractivity contribution is 7.18. The van der Waals surface area contributed by atoms with Gasteiger partial charge in [0.05, 0.1) is 30.2 Å². The topological polar surface area (TPSA) is 78.5 Å². The van der Waals surface area contributed by atoms with E-state index in [1.807, 2.05) is 20.8 Å². The number of hydrogen-bond acceptors (Lipinski definition) is 6. The Balaban J connectivity index is 1.50. The number of nitrogens with one attached hydrogen (secondary N) is 1. The summed E-state index contributed by atoms with van der Waals surface area (Å²) in [7, 11) is 0. The molecule has 0 bridgehead atoms. The second-order valence-electron chi connectivity index (χ2n) is 9.14. The third-order valence-corrected chi connectivity index (χ3v) is 6.63. The molecular weight excluding hydrogens is 374 g/mol. The zero-order valence-electron chi connectivity index (χ0n) is 17.1. The van der Waals surface area contributed by atoms with Gasteiger partial charge in [-0.05, 0) is 64.9 Å². The van der Waals surface area contributed by atoms with E-state index in [-0.39, 0.29) is 11.2 Å². The van der Waals surface area contributed by atoms with Gasteiger partial charge in [-0.3, -0.25) is 9.69 Å². The second-order valence-corrected chi connectivity index (χ2v) is 10.2. The van der Waals surface area contributed by atoms with Crippen LogP contribution in [0.2, 0.25) is 0 Å². The molecule has 0 aliphatic heterocycles. The third kappa shape index (κ3) is 4.64. The van der Waals surface area contributed by atoms with Crippen molar-refractivity contribution in [3.8, 4) is 0 Å². The summed E-state index contributed by atoms with van der Waals surface area (Å²) in [4.78, 5) is 25.0. The predicted molar refractivity (Wildman–Crippen MR) is 112 cm³/mol. The van der Waals surface area contributed by atoms with Crippen molar-refractivity contribution in [2.45, 2.75) is 83.6 Å². The van der Waals surface area contributed by atoms with Crippen LogP contribution < -0.4 is 5.56 Å². The number of hydrogen-bond donors (Lipinski definition) is 2. The zero-order valence-corrected chi connectivity index (χ0v) is 17.9. The first kappa shape index (κ1) is 20.0. The van der Waals surface area contributed by atoms with Crippen LogP contribution in [0.3, 0.4) is 0 Å². The summed E-state index contributed by atoms with van der Waals surface area (Å²) in [6.45, 7) is 7.37. The average Bonchev–Trinajstić information content (AvgIpc) is 3.39. The number of aryl methyl sites for hydroxylation is 2. The molecule has 0 saturated heterocycles. The Kier molecular flexibility index (Phi) is 5.62. The number of rotatable bonds is 7. The van der Waals surface area contributed by atoms with Crippen LogP contribution in [0.25, 0.3) is 10.2 Å². The minimum absolute atomic E-state index is 0.00763. The fourth-order valence-electron chi connectivity index (χ4n) is 3.93. The van der Waals surface area contributed by atoms with Crippen LogP contribution in [-0.2, 0) is 24.1 Å². The van der Waals surface area contributed by atoms with Crippen LogP contribution in [-0.4, -0.2) is 50.9 Å². The van der Waals surface area contributed by atoms with Gasteiger partial charge in [-0.1, -0.05) is 0 Å². The van der Waals surface area contributed by atoms with Gasteiger partial charge < -0.3 is 14.8 Å². The molecule has 2 N–H and O–H groups in total. The SMILES string of the molecule is CC(C)(C)OC[C@H](O)CN(Cc1nc2sc3c(c2c(=O)[nH]1)CCCC3)C1CC1. The summed E-state index contributed by atoms with van der Waals surface area (Å²) in [5.41, 5.74) is 0.953. The highest BCUT2D eigenvalue weighted by Gasteiger charge is 2.31. The first-order valence-electron chi connectivity index (χ1n) is 10.4. The van der Waals surface area contributed by atoms with Crippen molar-refractivity contribution in [3.63, 3.8) is 0 Å². The van der Waals surface area contributed by atoms with Crippen LogP contribution in [0.5, 0.6) is 0 Å². The van der Waals surface area contributed by atoms with Gasteiger partial charge in [-0.2, -0.15) is 0 Å². The van der Waals surface area contributed by atoms with Gasteiger partial charge in [0, 0.05) is 17.5 Å².